The monoisotopic (exact) mass is 216 g/mol. The van der Waals surface area contributed by atoms with Crippen LogP contribution in [0.25, 0.3) is 11.1 Å². The van der Waals surface area contributed by atoms with E-state index in [1.807, 2.05) is 11.4 Å². The summed E-state index contributed by atoms with van der Waals surface area (Å²) < 4.78 is 0. The van der Waals surface area contributed by atoms with Crippen molar-refractivity contribution in [1.82, 2.24) is 0 Å². The Balaban J connectivity index is 2.49. The van der Waals surface area contributed by atoms with Gasteiger partial charge in [-0.05, 0) is 30.9 Å². The maximum atomic E-state index is 11.4. The predicted octanol–water partition coefficient (Wildman–Crippen LogP) is 3.93. The molecule has 0 fully saturated rings. The van der Waals surface area contributed by atoms with Crippen molar-refractivity contribution in [2.75, 3.05) is 0 Å². The van der Waals surface area contributed by atoms with Crippen LogP contribution in [0.3, 0.4) is 0 Å². The van der Waals surface area contributed by atoms with Crippen molar-refractivity contribution in [1.29, 1.82) is 0 Å². The maximum absolute atomic E-state index is 11.4. The minimum atomic E-state index is 0.139. The van der Waals surface area contributed by atoms with Crippen molar-refractivity contribution in [3.63, 3.8) is 0 Å². The number of aryl methyl sites for hydroxylation is 1. The number of thiophene rings is 1. The largest absolute Gasteiger partial charge is 0.294 e. The van der Waals surface area contributed by atoms with Crippen LogP contribution >= 0.6 is 11.3 Å². The third-order valence-electron chi connectivity index (χ3n) is 2.35. The average molecular weight is 216 g/mol. The van der Waals surface area contributed by atoms with E-state index in [0.29, 0.717) is 0 Å². The fourth-order valence-corrected chi connectivity index (χ4v) is 2.36. The lowest BCUT2D eigenvalue weighted by atomic mass is 10.0. The molecule has 0 aliphatic carbocycles. The second-order valence-electron chi connectivity index (χ2n) is 3.59. The molecule has 0 amide bonds. The fraction of sp³-hybridized carbons (Fsp3) is 0.154. The molecule has 2 aromatic rings. The van der Waals surface area contributed by atoms with Gasteiger partial charge in [0.1, 0.15) is 0 Å². The zero-order chi connectivity index (χ0) is 10.8. The molecule has 2 rings (SSSR count). The van der Waals surface area contributed by atoms with Gasteiger partial charge in [-0.25, -0.2) is 0 Å². The van der Waals surface area contributed by atoms with Crippen LogP contribution in [-0.2, 0) is 0 Å². The average Bonchev–Trinajstić information content (AvgIpc) is 2.67. The molecule has 1 heterocycles. The molecule has 0 unspecified atom stereocenters. The van der Waals surface area contributed by atoms with Gasteiger partial charge in [0.25, 0.3) is 0 Å². The number of benzene rings is 1. The third kappa shape index (κ3) is 2.00. The van der Waals surface area contributed by atoms with Gasteiger partial charge in [-0.2, -0.15) is 0 Å². The first-order valence-electron chi connectivity index (χ1n) is 4.84. The lowest BCUT2D eigenvalue weighted by molar-refractivity contribution is 0.102. The summed E-state index contributed by atoms with van der Waals surface area (Å²) >= 11 is 1.51. The van der Waals surface area contributed by atoms with Gasteiger partial charge in [-0.3, -0.25) is 4.79 Å². The molecular weight excluding hydrogens is 204 g/mol. The van der Waals surface area contributed by atoms with Gasteiger partial charge in [-0.1, -0.05) is 29.8 Å². The Morgan fingerprint density at radius 2 is 1.80 bits per heavy atom. The molecule has 0 radical (unpaired) electrons. The summed E-state index contributed by atoms with van der Waals surface area (Å²) in [6, 6.07) is 10.3. The number of carbonyl (C=O) groups excluding carboxylic acids is 1. The van der Waals surface area contributed by atoms with E-state index in [2.05, 4.69) is 31.2 Å². The SMILES string of the molecule is CC(=O)c1sccc1-c1ccc(C)cc1. The Bertz CT molecular complexity index is 479. The Labute approximate surface area is 93.4 Å². The molecule has 0 aliphatic heterocycles. The first-order valence-corrected chi connectivity index (χ1v) is 5.72. The molecule has 1 nitrogen and oxygen atoms in total. The van der Waals surface area contributed by atoms with E-state index >= 15 is 0 Å². The molecule has 1 aromatic heterocycles. The Hall–Kier alpha value is -1.41. The summed E-state index contributed by atoms with van der Waals surface area (Å²) in [5.41, 5.74) is 3.40. The molecule has 2 heteroatoms. The second-order valence-corrected chi connectivity index (χ2v) is 4.50. The third-order valence-corrected chi connectivity index (χ3v) is 3.36. The molecule has 1 aromatic carbocycles. The van der Waals surface area contributed by atoms with Crippen LogP contribution in [0.15, 0.2) is 35.7 Å². The van der Waals surface area contributed by atoms with E-state index in [4.69, 9.17) is 0 Å². The van der Waals surface area contributed by atoms with E-state index in [0.717, 1.165) is 16.0 Å². The van der Waals surface area contributed by atoms with E-state index in [1.54, 1.807) is 6.92 Å². The highest BCUT2D eigenvalue weighted by molar-refractivity contribution is 7.12. The standard InChI is InChI=1S/C13H12OS/c1-9-3-5-11(6-4-9)12-7-8-15-13(12)10(2)14/h3-8H,1-2H3. The number of Topliss-reactive ketones (excluding diaryl/α,β-unsaturated/α-hetero) is 1. The van der Waals surface area contributed by atoms with Crippen LogP contribution in [0.2, 0.25) is 0 Å². The van der Waals surface area contributed by atoms with Crippen molar-refractivity contribution < 1.29 is 4.79 Å². The minimum Gasteiger partial charge on any atom is -0.294 e. The molecule has 15 heavy (non-hydrogen) atoms. The summed E-state index contributed by atoms with van der Waals surface area (Å²) in [5, 5.41) is 1.96. The number of carbonyl (C=O) groups is 1. The number of rotatable bonds is 2. The lowest BCUT2D eigenvalue weighted by Crippen LogP contribution is -1.90. The molecule has 0 bridgehead atoms. The molecule has 0 saturated carbocycles. The summed E-state index contributed by atoms with van der Waals surface area (Å²) in [5.74, 6) is 0.139. The van der Waals surface area contributed by atoms with Gasteiger partial charge < -0.3 is 0 Å². The smallest absolute Gasteiger partial charge is 0.170 e. The van der Waals surface area contributed by atoms with Crippen LogP contribution in [0.4, 0.5) is 0 Å². The topological polar surface area (TPSA) is 17.1 Å². The zero-order valence-corrected chi connectivity index (χ0v) is 9.60. The molecule has 0 N–H and O–H groups in total. The number of ketones is 1. The van der Waals surface area contributed by atoms with Gasteiger partial charge >= 0.3 is 0 Å². The summed E-state index contributed by atoms with van der Waals surface area (Å²) in [4.78, 5) is 12.2. The van der Waals surface area contributed by atoms with Crippen molar-refractivity contribution in [3.8, 4) is 11.1 Å². The highest BCUT2D eigenvalue weighted by Gasteiger charge is 2.09. The van der Waals surface area contributed by atoms with Crippen molar-refractivity contribution in [2.45, 2.75) is 13.8 Å². The van der Waals surface area contributed by atoms with Crippen LogP contribution in [0.1, 0.15) is 22.2 Å². The van der Waals surface area contributed by atoms with Crippen molar-refractivity contribution in [3.05, 3.63) is 46.2 Å². The van der Waals surface area contributed by atoms with Gasteiger partial charge in [0.05, 0.1) is 4.88 Å². The second kappa shape index (κ2) is 3.99. The molecule has 0 aliphatic rings. The molecule has 0 spiro atoms. The first-order chi connectivity index (χ1) is 7.18. The molecular formula is C13H12OS. The first kappa shape index (κ1) is 10.1. The van der Waals surface area contributed by atoms with Gasteiger partial charge in [-0.15, -0.1) is 11.3 Å². The van der Waals surface area contributed by atoms with Gasteiger partial charge in [0.2, 0.25) is 0 Å². The van der Waals surface area contributed by atoms with E-state index in [9.17, 15) is 4.79 Å². The van der Waals surface area contributed by atoms with Crippen molar-refractivity contribution >= 4 is 17.1 Å². The zero-order valence-electron chi connectivity index (χ0n) is 8.78. The van der Waals surface area contributed by atoms with Crippen molar-refractivity contribution in [2.24, 2.45) is 0 Å². The summed E-state index contributed by atoms with van der Waals surface area (Å²) in [7, 11) is 0. The predicted molar refractivity (Wildman–Crippen MR) is 64.5 cm³/mol. The molecule has 76 valence electrons. The quantitative estimate of drug-likeness (QED) is 0.695. The minimum absolute atomic E-state index is 0.139. The van der Waals surface area contributed by atoms with Crippen LogP contribution in [-0.4, -0.2) is 5.78 Å². The number of hydrogen-bond acceptors (Lipinski definition) is 2. The van der Waals surface area contributed by atoms with Crippen LogP contribution in [0, 0.1) is 6.92 Å². The van der Waals surface area contributed by atoms with Gasteiger partial charge in [0, 0.05) is 5.56 Å². The van der Waals surface area contributed by atoms with E-state index in [1.165, 1.54) is 16.9 Å². The van der Waals surface area contributed by atoms with E-state index < -0.39 is 0 Å². The van der Waals surface area contributed by atoms with Crippen LogP contribution in [0.5, 0.6) is 0 Å². The Morgan fingerprint density at radius 1 is 1.13 bits per heavy atom. The highest BCUT2D eigenvalue weighted by atomic mass is 32.1. The number of hydrogen-bond donors (Lipinski definition) is 0. The molecule has 0 saturated heterocycles. The molecule has 0 atom stereocenters. The maximum Gasteiger partial charge on any atom is 0.170 e. The summed E-state index contributed by atoms with van der Waals surface area (Å²) in [6.45, 7) is 3.67. The Kier molecular flexibility index (Phi) is 2.69. The van der Waals surface area contributed by atoms with Gasteiger partial charge in [0.15, 0.2) is 5.78 Å². The van der Waals surface area contributed by atoms with Crippen LogP contribution < -0.4 is 0 Å². The fourth-order valence-electron chi connectivity index (χ4n) is 1.54. The Morgan fingerprint density at radius 3 is 2.40 bits per heavy atom. The highest BCUT2D eigenvalue weighted by Crippen LogP contribution is 2.28. The van der Waals surface area contributed by atoms with E-state index in [-0.39, 0.29) is 5.78 Å². The summed E-state index contributed by atoms with van der Waals surface area (Å²) in [6.07, 6.45) is 0. The lowest BCUT2D eigenvalue weighted by Gasteiger charge is -2.01. The normalized spacial score (nSPS) is 10.3.